The number of nitrogens with zero attached hydrogens (tertiary/aromatic N) is 4. The van der Waals surface area contributed by atoms with Crippen LogP contribution >= 0.6 is 34.9 Å². The van der Waals surface area contributed by atoms with Crippen molar-refractivity contribution in [3.8, 4) is 0 Å². The number of piperidine rings is 1. The number of hydrogen-bond acceptors (Lipinski definition) is 8. The Morgan fingerprint density at radius 3 is 2.05 bits per heavy atom. The number of halogens is 4. The Labute approximate surface area is 330 Å². The Bertz CT molecular complexity index is 2190. The zero-order valence-corrected chi connectivity index (χ0v) is 31.9. The molecule has 14 heteroatoms. The number of hydrazone groups is 2. The normalized spacial score (nSPS) is 24.0. The maximum absolute atomic E-state index is 14.6. The van der Waals surface area contributed by atoms with Crippen LogP contribution in [0.4, 0.5) is 17.6 Å². The second-order valence-corrected chi connectivity index (χ2v) is 17.4. The number of amides is 2. The molecule has 1 aromatic heterocycles. The lowest BCUT2D eigenvalue weighted by molar-refractivity contribution is -0.140. The van der Waals surface area contributed by atoms with Crippen LogP contribution < -0.4 is 5.32 Å². The minimum Gasteiger partial charge on any atom is -0.316 e. The number of hydrogen-bond donors (Lipinski definition) is 1. The van der Waals surface area contributed by atoms with Gasteiger partial charge in [0, 0.05) is 29.5 Å². The molecule has 3 unspecified atom stereocenters. The summed E-state index contributed by atoms with van der Waals surface area (Å²) >= 11 is 4.32. The average Bonchev–Trinajstić information content (AvgIpc) is 3.92. The summed E-state index contributed by atoms with van der Waals surface area (Å²) in [5, 5.41) is 18.1. The number of carbonyl (C=O) groups is 2. The lowest BCUT2D eigenvalue weighted by Crippen LogP contribution is -2.48. The van der Waals surface area contributed by atoms with Gasteiger partial charge in [-0.15, -0.1) is 11.3 Å². The third-order valence-electron chi connectivity index (χ3n) is 10.5. The number of aryl methyl sites for hydroxylation is 2. The largest absolute Gasteiger partial charge is 0.316 e. The Balaban J connectivity index is 0.000000170. The number of carbonyl (C=O) groups excluding carboxylic acids is 2. The molecule has 1 fully saturated rings. The summed E-state index contributed by atoms with van der Waals surface area (Å²) in [5.41, 5.74) is 3.66. The summed E-state index contributed by atoms with van der Waals surface area (Å²) in [6.45, 7) is 2.99. The van der Waals surface area contributed by atoms with Gasteiger partial charge in [0.1, 0.15) is 38.2 Å². The third-order valence-corrected chi connectivity index (χ3v) is 14.6. The number of thiophene rings is 1. The van der Waals surface area contributed by atoms with Crippen molar-refractivity contribution in [3.63, 3.8) is 0 Å². The monoisotopic (exact) mass is 807 g/mol. The van der Waals surface area contributed by atoms with E-state index in [1.807, 2.05) is 23.6 Å². The fraction of sp³-hybridized carbons (Fsp3) is 0.366. The first-order valence-corrected chi connectivity index (χ1v) is 20.6. The van der Waals surface area contributed by atoms with Gasteiger partial charge < -0.3 is 5.32 Å². The predicted octanol–water partition coefficient (Wildman–Crippen LogP) is 9.50. The second kappa shape index (κ2) is 15.9. The zero-order chi connectivity index (χ0) is 37.6. The first-order chi connectivity index (χ1) is 26.1. The van der Waals surface area contributed by atoms with Gasteiger partial charge in [0.05, 0.1) is 5.92 Å². The highest BCUT2D eigenvalue weighted by molar-refractivity contribution is 8.15. The van der Waals surface area contributed by atoms with Crippen molar-refractivity contribution < 1.29 is 27.2 Å². The molecule has 0 bridgehead atoms. The molecule has 2 amide bonds. The van der Waals surface area contributed by atoms with Crippen LogP contribution in [0.5, 0.6) is 0 Å². The van der Waals surface area contributed by atoms with Crippen molar-refractivity contribution in [1.82, 2.24) is 15.3 Å². The molecule has 4 heterocycles. The van der Waals surface area contributed by atoms with Crippen LogP contribution in [-0.4, -0.2) is 45.0 Å². The SMILES string of the molecule is C.CC(=O)N1N=C(c2cc(F)ccc2F)SC12CCCc1ccsc12.O=C(C1CCCNC1)N1N=C(c2cc(F)ccc2F)SC12CCCc1ccccc12. The van der Waals surface area contributed by atoms with E-state index in [0.717, 1.165) is 98.7 Å². The Hall–Kier alpha value is -3.98. The molecule has 1 N–H and O–H groups in total. The van der Waals surface area contributed by atoms with Gasteiger partial charge in [-0.25, -0.2) is 27.6 Å². The van der Waals surface area contributed by atoms with E-state index in [-0.39, 0.29) is 36.3 Å². The Kier molecular flexibility index (Phi) is 11.3. The van der Waals surface area contributed by atoms with E-state index in [1.54, 1.807) is 16.3 Å². The van der Waals surface area contributed by atoms with E-state index in [9.17, 15) is 27.2 Å². The van der Waals surface area contributed by atoms with E-state index >= 15 is 0 Å². The molecule has 3 aromatic carbocycles. The predicted molar refractivity (Wildman–Crippen MR) is 213 cm³/mol. The van der Waals surface area contributed by atoms with Gasteiger partial charge in [-0.1, -0.05) is 55.2 Å². The molecule has 2 spiro atoms. The van der Waals surface area contributed by atoms with Gasteiger partial charge in [0.15, 0.2) is 4.87 Å². The second-order valence-electron chi connectivity index (χ2n) is 14.0. The molecular formula is C41H41F4N5O2S3. The van der Waals surface area contributed by atoms with E-state index in [0.29, 0.717) is 16.6 Å². The molecule has 1 saturated heterocycles. The standard InChI is InChI=1S/C23H23F2N3OS.C17H14F2N2OS2.CH4/c24-17-9-10-20(25)18(13-17)21-27-28(22(29)16-7-4-12-26-14-16)23(30-21)11-3-6-15-5-1-2-8-19(15)23;1-10(22)21-17(7-2-3-11-6-8-23-15(11)17)24-16(20-21)13-9-12(18)4-5-14(13)19;/h1-2,5,8-10,13,16,26H,3-4,6-7,11-12,14H2;4-6,8-9H,2-3,7H2,1H3;1H4. The van der Waals surface area contributed by atoms with Gasteiger partial charge in [-0.3, -0.25) is 9.59 Å². The molecule has 5 aliphatic rings. The van der Waals surface area contributed by atoms with Crippen molar-refractivity contribution in [2.24, 2.45) is 16.1 Å². The van der Waals surface area contributed by atoms with Crippen molar-refractivity contribution >= 4 is 56.8 Å². The minimum absolute atomic E-state index is 0. The van der Waals surface area contributed by atoms with Crippen LogP contribution in [0, 0.1) is 29.2 Å². The number of rotatable bonds is 3. The fourth-order valence-electron chi connectivity index (χ4n) is 8.02. The van der Waals surface area contributed by atoms with Crippen molar-refractivity contribution in [3.05, 3.63) is 128 Å². The summed E-state index contributed by atoms with van der Waals surface area (Å²) < 4.78 is 56.2. The summed E-state index contributed by atoms with van der Waals surface area (Å²) in [6.07, 6.45) is 6.96. The van der Waals surface area contributed by atoms with Gasteiger partial charge in [0.25, 0.3) is 0 Å². The lowest BCUT2D eigenvalue weighted by atomic mass is 9.86. The van der Waals surface area contributed by atoms with E-state index in [4.69, 9.17) is 0 Å². The summed E-state index contributed by atoms with van der Waals surface area (Å²) in [4.78, 5) is 25.6. The molecule has 4 aromatic rings. The molecule has 3 aliphatic heterocycles. The van der Waals surface area contributed by atoms with E-state index in [2.05, 4.69) is 27.7 Å². The highest BCUT2D eigenvalue weighted by Gasteiger charge is 2.53. The summed E-state index contributed by atoms with van der Waals surface area (Å²) in [7, 11) is 0. The highest BCUT2D eigenvalue weighted by Crippen LogP contribution is 2.56. The van der Waals surface area contributed by atoms with Crippen LogP contribution in [0.2, 0.25) is 0 Å². The van der Waals surface area contributed by atoms with Gasteiger partial charge >= 0.3 is 0 Å². The molecule has 9 rings (SSSR count). The topological polar surface area (TPSA) is 77.4 Å². The van der Waals surface area contributed by atoms with Crippen LogP contribution in [0.15, 0.2) is 82.3 Å². The van der Waals surface area contributed by atoms with Crippen LogP contribution in [0.25, 0.3) is 0 Å². The number of thioether (sulfide) groups is 2. The molecule has 2 aliphatic carbocycles. The van der Waals surface area contributed by atoms with Crippen molar-refractivity contribution in [1.29, 1.82) is 0 Å². The summed E-state index contributed by atoms with van der Waals surface area (Å²) in [6, 6.07) is 16.9. The van der Waals surface area contributed by atoms with Gasteiger partial charge in [0.2, 0.25) is 11.8 Å². The zero-order valence-electron chi connectivity index (χ0n) is 29.4. The molecule has 288 valence electrons. The first kappa shape index (κ1) is 39.3. The molecule has 0 saturated carbocycles. The number of benzene rings is 3. The maximum Gasteiger partial charge on any atom is 0.248 e. The van der Waals surface area contributed by atoms with E-state index < -0.39 is 33.0 Å². The highest BCUT2D eigenvalue weighted by atomic mass is 32.2. The molecule has 0 radical (unpaired) electrons. The molecule has 3 atom stereocenters. The first-order valence-electron chi connectivity index (χ1n) is 18.1. The number of nitrogens with one attached hydrogen (secondary N) is 1. The van der Waals surface area contributed by atoms with Crippen molar-refractivity contribution in [2.75, 3.05) is 13.1 Å². The average molecular weight is 808 g/mol. The summed E-state index contributed by atoms with van der Waals surface area (Å²) in [5.74, 6) is -2.51. The maximum atomic E-state index is 14.6. The quantitative estimate of drug-likeness (QED) is 0.209. The van der Waals surface area contributed by atoms with E-state index in [1.165, 1.54) is 52.6 Å². The Morgan fingerprint density at radius 1 is 0.782 bits per heavy atom. The molecular weight excluding hydrogens is 767 g/mol. The number of fused-ring (bicyclic) bond motifs is 4. The van der Waals surface area contributed by atoms with Gasteiger partial charge in [-0.05, 0) is 122 Å². The fourth-order valence-corrected chi connectivity index (χ4v) is 12.3. The molecule has 7 nitrogen and oxygen atoms in total. The van der Waals surface area contributed by atoms with Crippen LogP contribution in [0.1, 0.15) is 85.6 Å². The third kappa shape index (κ3) is 7.15. The minimum atomic E-state index is -0.711. The molecule has 55 heavy (non-hydrogen) atoms. The Morgan fingerprint density at radius 2 is 1.40 bits per heavy atom. The smallest absolute Gasteiger partial charge is 0.248 e. The van der Waals surface area contributed by atoms with Crippen LogP contribution in [0.3, 0.4) is 0 Å². The van der Waals surface area contributed by atoms with Crippen molar-refractivity contribution in [2.45, 2.75) is 75.5 Å². The lowest BCUT2D eigenvalue weighted by Gasteiger charge is -2.41. The van der Waals surface area contributed by atoms with Gasteiger partial charge in [-0.2, -0.15) is 10.2 Å². The van der Waals surface area contributed by atoms with Crippen LogP contribution in [-0.2, 0) is 32.2 Å².